The van der Waals surface area contributed by atoms with Crippen molar-refractivity contribution in [2.45, 2.75) is 69.6 Å². The van der Waals surface area contributed by atoms with Gasteiger partial charge >= 0.3 is 5.97 Å². The van der Waals surface area contributed by atoms with Crippen LogP contribution in [0.4, 0.5) is 0 Å². The number of carbonyl (C=O) groups is 1. The van der Waals surface area contributed by atoms with E-state index in [1.54, 1.807) is 7.11 Å². The molecule has 0 unspecified atom stereocenters. The first kappa shape index (κ1) is 30.9. The van der Waals surface area contributed by atoms with Crippen molar-refractivity contribution in [2.24, 2.45) is 0 Å². The van der Waals surface area contributed by atoms with Crippen LogP contribution in [0.5, 0.6) is 11.5 Å². The zero-order valence-electron chi connectivity index (χ0n) is 23.6. The Labute approximate surface area is 233 Å². The van der Waals surface area contributed by atoms with Crippen molar-refractivity contribution in [3.05, 3.63) is 59.2 Å². The Bertz CT molecular complexity index is 1160. The van der Waals surface area contributed by atoms with E-state index in [4.69, 9.17) is 23.1 Å². The predicted octanol–water partition coefficient (Wildman–Crippen LogP) is 5.99. The third-order valence-corrected chi connectivity index (χ3v) is 8.00. The molecule has 1 aliphatic heterocycles. The minimum atomic E-state index is -3.35. The minimum Gasteiger partial charge on any atom is -0.492 e. The molecule has 0 N–H and O–H groups in total. The minimum absolute atomic E-state index is 0.178. The summed E-state index contributed by atoms with van der Waals surface area (Å²) in [5.74, 6) is 1.44. The van der Waals surface area contributed by atoms with E-state index in [2.05, 4.69) is 13.0 Å². The van der Waals surface area contributed by atoms with Crippen LogP contribution in [0.15, 0.2) is 42.5 Å². The summed E-state index contributed by atoms with van der Waals surface area (Å²) in [7, 11) is -0.368. The Kier molecular flexibility index (Phi) is 11.6. The van der Waals surface area contributed by atoms with Crippen LogP contribution in [0, 0.1) is 0 Å². The van der Waals surface area contributed by atoms with Crippen LogP contribution in [0.3, 0.4) is 0 Å². The Morgan fingerprint density at radius 1 is 0.974 bits per heavy atom. The molecule has 0 radical (unpaired) electrons. The number of fused-ring (bicyclic) bond motifs is 1. The highest BCUT2D eigenvalue weighted by atomic mass is 32.2. The molecule has 1 heterocycles. The fraction of sp³-hybridized carbons (Fsp3) is 0.567. The SMILES string of the molecule is COCOc1ccc2c(c1)OC[C@](C)(c1ccc(C(=O)OC)cc1)[C@@H]2CCCCCCCCCOS(C)(=O)=O. The van der Waals surface area contributed by atoms with Gasteiger partial charge in [-0.2, -0.15) is 8.42 Å². The van der Waals surface area contributed by atoms with Crippen molar-refractivity contribution in [3.63, 3.8) is 0 Å². The van der Waals surface area contributed by atoms with Gasteiger partial charge in [0.15, 0.2) is 6.79 Å². The van der Waals surface area contributed by atoms with Crippen LogP contribution < -0.4 is 9.47 Å². The summed E-state index contributed by atoms with van der Waals surface area (Å²) in [6.45, 7) is 3.20. The van der Waals surface area contributed by atoms with Crippen LogP contribution in [0.2, 0.25) is 0 Å². The summed E-state index contributed by atoms with van der Waals surface area (Å²) in [5, 5.41) is 0. The molecule has 0 bridgehead atoms. The highest BCUT2D eigenvalue weighted by Gasteiger charge is 2.42. The number of carbonyl (C=O) groups excluding carboxylic acids is 1. The maximum Gasteiger partial charge on any atom is 0.337 e. The standard InChI is InChI=1S/C30H42O8S/c1-30(24-15-13-23(14-16-24)29(31)35-3)21-36-28-20-25(37-22-34-2)17-18-26(28)27(30)12-10-8-6-5-7-9-11-19-38-39(4,32)33/h13-18,20,27H,5-12,19,21-22H2,1-4H3/t27-,30-/m1/s1. The first-order chi connectivity index (χ1) is 18.7. The first-order valence-corrected chi connectivity index (χ1v) is 15.4. The molecule has 0 saturated carbocycles. The van der Waals surface area contributed by atoms with Crippen LogP contribution in [-0.4, -0.2) is 54.9 Å². The van der Waals surface area contributed by atoms with Gasteiger partial charge in [-0.1, -0.05) is 63.6 Å². The van der Waals surface area contributed by atoms with E-state index in [1.807, 2.05) is 36.4 Å². The second-order valence-electron chi connectivity index (χ2n) is 10.4. The molecule has 0 fully saturated rings. The number of unbranched alkanes of at least 4 members (excludes halogenated alkanes) is 6. The molecule has 8 nitrogen and oxygen atoms in total. The molecule has 9 heteroatoms. The molecule has 1 aliphatic rings. The lowest BCUT2D eigenvalue weighted by Gasteiger charge is -2.43. The number of esters is 1. The van der Waals surface area contributed by atoms with Crippen LogP contribution in [0.25, 0.3) is 0 Å². The van der Waals surface area contributed by atoms with Crippen molar-refractivity contribution in [3.8, 4) is 11.5 Å². The second kappa shape index (κ2) is 14.7. The smallest absolute Gasteiger partial charge is 0.337 e. The molecule has 3 rings (SSSR count). The first-order valence-electron chi connectivity index (χ1n) is 13.6. The van der Waals surface area contributed by atoms with Gasteiger partial charge in [-0.15, -0.1) is 0 Å². The summed E-state index contributed by atoms with van der Waals surface area (Å²) >= 11 is 0. The average molecular weight is 563 g/mol. The number of methoxy groups -OCH3 is 2. The van der Waals surface area contributed by atoms with Crippen molar-refractivity contribution >= 4 is 16.1 Å². The van der Waals surface area contributed by atoms with E-state index in [0.717, 1.165) is 74.5 Å². The lowest BCUT2D eigenvalue weighted by Crippen LogP contribution is -2.40. The Balaban J connectivity index is 1.64. The van der Waals surface area contributed by atoms with E-state index in [0.29, 0.717) is 17.9 Å². The monoisotopic (exact) mass is 562 g/mol. The fourth-order valence-corrected chi connectivity index (χ4v) is 5.64. The Hall–Kier alpha value is -2.62. The normalized spacial score (nSPS) is 18.7. The van der Waals surface area contributed by atoms with Gasteiger partial charge in [-0.05, 0) is 42.2 Å². The number of ether oxygens (including phenoxy) is 4. The zero-order valence-corrected chi connectivity index (χ0v) is 24.4. The fourth-order valence-electron chi connectivity index (χ4n) is 5.22. The number of hydrogen-bond acceptors (Lipinski definition) is 8. The molecule has 0 amide bonds. The predicted molar refractivity (Wildman–Crippen MR) is 150 cm³/mol. The van der Waals surface area contributed by atoms with Crippen molar-refractivity contribution in [1.29, 1.82) is 0 Å². The molecule has 2 aromatic carbocycles. The maximum atomic E-state index is 12.0. The molecule has 0 spiro atoms. The van der Waals surface area contributed by atoms with Crippen molar-refractivity contribution in [2.75, 3.05) is 40.5 Å². The van der Waals surface area contributed by atoms with E-state index in [9.17, 15) is 13.2 Å². The summed E-state index contributed by atoms with van der Waals surface area (Å²) in [5.41, 5.74) is 2.55. The highest BCUT2D eigenvalue weighted by Crippen LogP contribution is 2.49. The Morgan fingerprint density at radius 2 is 1.64 bits per heavy atom. The number of benzene rings is 2. The van der Waals surface area contributed by atoms with Crippen molar-refractivity contribution in [1.82, 2.24) is 0 Å². The molecule has 0 aromatic heterocycles. The topological polar surface area (TPSA) is 97.4 Å². The van der Waals surface area contributed by atoms with Gasteiger partial charge < -0.3 is 18.9 Å². The lowest BCUT2D eigenvalue weighted by atomic mass is 9.66. The van der Waals surface area contributed by atoms with Gasteiger partial charge in [0, 0.05) is 24.5 Å². The van der Waals surface area contributed by atoms with Gasteiger partial charge in [0.2, 0.25) is 0 Å². The summed E-state index contributed by atoms with van der Waals surface area (Å²) in [6.07, 6.45) is 9.35. The zero-order chi connectivity index (χ0) is 28.3. The van der Waals surface area contributed by atoms with E-state index >= 15 is 0 Å². The molecule has 2 aromatic rings. The van der Waals surface area contributed by atoms with Gasteiger partial charge in [0.1, 0.15) is 11.5 Å². The van der Waals surface area contributed by atoms with Crippen LogP contribution in [-0.2, 0) is 29.2 Å². The van der Waals surface area contributed by atoms with E-state index < -0.39 is 10.1 Å². The number of rotatable bonds is 16. The molecule has 216 valence electrons. The average Bonchev–Trinajstić information content (AvgIpc) is 2.92. The molecular formula is C30H42O8S. The summed E-state index contributed by atoms with van der Waals surface area (Å²) < 4.78 is 48.7. The molecule has 2 atom stereocenters. The van der Waals surface area contributed by atoms with Crippen molar-refractivity contribution < 1.29 is 36.3 Å². The van der Waals surface area contributed by atoms with Gasteiger partial charge in [-0.25, -0.2) is 4.79 Å². The highest BCUT2D eigenvalue weighted by molar-refractivity contribution is 7.85. The van der Waals surface area contributed by atoms with Crippen LogP contribution >= 0.6 is 0 Å². The van der Waals surface area contributed by atoms with E-state index in [1.165, 1.54) is 7.11 Å². The molecule has 39 heavy (non-hydrogen) atoms. The van der Waals surface area contributed by atoms with Crippen LogP contribution in [0.1, 0.15) is 85.7 Å². The molecular weight excluding hydrogens is 520 g/mol. The Morgan fingerprint density at radius 3 is 2.28 bits per heavy atom. The molecule has 0 saturated heterocycles. The van der Waals surface area contributed by atoms with E-state index in [-0.39, 0.29) is 30.7 Å². The summed E-state index contributed by atoms with van der Waals surface area (Å²) in [4.78, 5) is 12.0. The van der Waals surface area contributed by atoms with Gasteiger partial charge in [0.25, 0.3) is 10.1 Å². The lowest BCUT2D eigenvalue weighted by molar-refractivity contribution is 0.0506. The summed E-state index contributed by atoms with van der Waals surface area (Å²) in [6, 6.07) is 13.7. The van der Waals surface area contributed by atoms with Gasteiger partial charge in [0.05, 0.1) is 32.1 Å². The number of hydrogen-bond donors (Lipinski definition) is 0. The third-order valence-electron chi connectivity index (χ3n) is 7.40. The maximum absolute atomic E-state index is 12.0. The molecule has 0 aliphatic carbocycles. The van der Waals surface area contributed by atoms with Gasteiger partial charge in [-0.3, -0.25) is 4.18 Å². The largest absolute Gasteiger partial charge is 0.492 e. The second-order valence-corrected chi connectivity index (χ2v) is 12.0. The third kappa shape index (κ3) is 8.95. The quantitative estimate of drug-likeness (QED) is 0.107.